The summed E-state index contributed by atoms with van der Waals surface area (Å²) < 4.78 is 0. The standard InChI is InChI=1S/C13H19N/c1-6-2-11-9-4-7-5-10(8(1)9)12(3-6)13(11)14-7/h6-14H,1-5H2/p+1. The Morgan fingerprint density at radius 2 is 1.21 bits per heavy atom. The summed E-state index contributed by atoms with van der Waals surface area (Å²) >= 11 is 0. The molecule has 7 aliphatic rings. The minimum Gasteiger partial charge on any atom is -0.341 e. The molecule has 4 unspecified atom stereocenters. The van der Waals surface area contributed by atoms with Crippen molar-refractivity contribution in [3.8, 4) is 0 Å². The molecule has 76 valence electrons. The second-order valence-electron chi connectivity index (χ2n) is 6.89. The number of nitrogens with two attached hydrogens (primary N) is 1. The van der Waals surface area contributed by atoms with E-state index < -0.39 is 0 Å². The summed E-state index contributed by atoms with van der Waals surface area (Å²) in [6.07, 6.45) is 8.09. The quantitative estimate of drug-likeness (QED) is 0.587. The normalized spacial score (nSPS) is 72.0. The van der Waals surface area contributed by atoms with Gasteiger partial charge in [-0.05, 0) is 42.9 Å². The molecule has 2 N–H and O–H groups in total. The Morgan fingerprint density at radius 3 is 1.93 bits per heavy atom. The van der Waals surface area contributed by atoms with Crippen LogP contribution in [0, 0.1) is 35.5 Å². The van der Waals surface area contributed by atoms with Gasteiger partial charge in [-0.25, -0.2) is 0 Å². The summed E-state index contributed by atoms with van der Waals surface area (Å²) in [4.78, 5) is 0. The first-order chi connectivity index (χ1) is 6.90. The Hall–Kier alpha value is -0.0400. The van der Waals surface area contributed by atoms with Crippen LogP contribution < -0.4 is 5.32 Å². The fraction of sp³-hybridized carbons (Fsp3) is 1.00. The molecule has 1 heteroatoms. The van der Waals surface area contributed by atoms with Crippen LogP contribution in [0.1, 0.15) is 32.1 Å². The summed E-state index contributed by atoms with van der Waals surface area (Å²) in [6.45, 7) is 0. The van der Waals surface area contributed by atoms with Crippen LogP contribution in [0.2, 0.25) is 0 Å². The molecule has 2 heterocycles. The lowest BCUT2D eigenvalue weighted by Crippen LogP contribution is -3.04. The van der Waals surface area contributed by atoms with Crippen molar-refractivity contribution >= 4 is 0 Å². The molecule has 4 atom stereocenters. The lowest BCUT2D eigenvalue weighted by atomic mass is 9.40. The van der Waals surface area contributed by atoms with Crippen LogP contribution in [0.15, 0.2) is 0 Å². The zero-order valence-electron chi connectivity index (χ0n) is 8.73. The van der Waals surface area contributed by atoms with Gasteiger partial charge in [-0.15, -0.1) is 0 Å². The molecule has 0 radical (unpaired) electrons. The Labute approximate surface area is 85.6 Å². The third-order valence-corrected chi connectivity index (χ3v) is 6.65. The Kier molecular flexibility index (Phi) is 1.07. The monoisotopic (exact) mass is 190 g/mol. The van der Waals surface area contributed by atoms with E-state index in [0.29, 0.717) is 0 Å². The fourth-order valence-corrected chi connectivity index (χ4v) is 6.55. The zero-order valence-corrected chi connectivity index (χ0v) is 8.73. The Bertz CT molecular complexity index is 210. The smallest absolute Gasteiger partial charge is 0.0923 e. The summed E-state index contributed by atoms with van der Waals surface area (Å²) in [5, 5.41) is 2.81. The van der Waals surface area contributed by atoms with Gasteiger partial charge in [0.1, 0.15) is 0 Å². The molecule has 0 aromatic carbocycles. The van der Waals surface area contributed by atoms with Gasteiger partial charge in [0.2, 0.25) is 0 Å². The molecule has 5 aliphatic carbocycles. The van der Waals surface area contributed by atoms with Crippen molar-refractivity contribution in [1.82, 2.24) is 0 Å². The van der Waals surface area contributed by atoms with Gasteiger partial charge in [0, 0.05) is 24.7 Å². The first kappa shape index (κ1) is 7.27. The highest BCUT2D eigenvalue weighted by molar-refractivity contribution is 5.11. The topological polar surface area (TPSA) is 16.6 Å². The van der Waals surface area contributed by atoms with E-state index >= 15 is 0 Å². The van der Waals surface area contributed by atoms with Crippen molar-refractivity contribution < 1.29 is 5.32 Å². The van der Waals surface area contributed by atoms with Gasteiger partial charge in [-0.1, -0.05) is 0 Å². The first-order valence-corrected chi connectivity index (χ1v) is 6.75. The van der Waals surface area contributed by atoms with E-state index in [1.54, 1.807) is 32.1 Å². The summed E-state index contributed by atoms with van der Waals surface area (Å²) in [5.74, 6) is 7.11. The van der Waals surface area contributed by atoms with Gasteiger partial charge in [-0.2, -0.15) is 0 Å². The van der Waals surface area contributed by atoms with E-state index in [1.807, 2.05) is 0 Å². The molecular formula is C13H20N+. The van der Waals surface area contributed by atoms with Crippen molar-refractivity contribution in [3.05, 3.63) is 0 Å². The molecule has 2 aliphatic heterocycles. The molecule has 0 spiro atoms. The molecule has 7 fully saturated rings. The first-order valence-electron chi connectivity index (χ1n) is 6.75. The van der Waals surface area contributed by atoms with Crippen LogP contribution in [-0.2, 0) is 0 Å². The van der Waals surface area contributed by atoms with E-state index in [1.165, 1.54) is 35.5 Å². The molecule has 14 heavy (non-hydrogen) atoms. The van der Waals surface area contributed by atoms with Crippen LogP contribution in [-0.4, -0.2) is 12.1 Å². The predicted molar refractivity (Wildman–Crippen MR) is 53.5 cm³/mol. The maximum absolute atomic E-state index is 2.81. The highest BCUT2D eigenvalue weighted by Gasteiger charge is 2.65. The van der Waals surface area contributed by atoms with Crippen molar-refractivity contribution in [3.63, 3.8) is 0 Å². The maximum Gasteiger partial charge on any atom is 0.0923 e. The lowest BCUT2D eigenvalue weighted by molar-refractivity contribution is -0.770. The van der Waals surface area contributed by atoms with Crippen molar-refractivity contribution in [2.45, 2.75) is 44.2 Å². The average Bonchev–Trinajstić information content (AvgIpc) is 2.24. The van der Waals surface area contributed by atoms with Crippen molar-refractivity contribution in [2.24, 2.45) is 35.5 Å². The van der Waals surface area contributed by atoms with Crippen LogP contribution in [0.3, 0.4) is 0 Å². The summed E-state index contributed by atoms with van der Waals surface area (Å²) in [6, 6.07) is 2.17. The van der Waals surface area contributed by atoms with Gasteiger partial charge >= 0.3 is 0 Å². The van der Waals surface area contributed by atoms with E-state index in [2.05, 4.69) is 5.32 Å². The minimum absolute atomic E-state index is 1.06. The Balaban J connectivity index is 1.70. The molecule has 0 aromatic rings. The number of hydrogen-bond acceptors (Lipinski definition) is 0. The highest BCUT2D eigenvalue weighted by Crippen LogP contribution is 2.63. The number of rotatable bonds is 0. The van der Waals surface area contributed by atoms with E-state index in [0.717, 1.165) is 12.1 Å². The molecule has 5 saturated carbocycles. The van der Waals surface area contributed by atoms with Crippen LogP contribution >= 0.6 is 0 Å². The van der Waals surface area contributed by atoms with Crippen LogP contribution in [0.4, 0.5) is 0 Å². The predicted octanol–water partition coefficient (Wildman–Crippen LogP) is 1.00. The molecule has 2 saturated heterocycles. The minimum atomic E-state index is 1.06. The average molecular weight is 190 g/mol. The number of hydrogen-bond donors (Lipinski definition) is 1. The van der Waals surface area contributed by atoms with Gasteiger partial charge in [-0.3, -0.25) is 0 Å². The molecule has 0 aromatic heterocycles. The van der Waals surface area contributed by atoms with Crippen molar-refractivity contribution in [1.29, 1.82) is 0 Å². The van der Waals surface area contributed by atoms with Gasteiger partial charge < -0.3 is 5.32 Å². The molecule has 1 nitrogen and oxygen atoms in total. The van der Waals surface area contributed by atoms with Crippen LogP contribution in [0.25, 0.3) is 0 Å². The lowest BCUT2D eigenvalue weighted by Gasteiger charge is -2.67. The summed E-state index contributed by atoms with van der Waals surface area (Å²) in [7, 11) is 0. The highest BCUT2D eigenvalue weighted by atomic mass is 15.0. The third-order valence-electron chi connectivity index (χ3n) is 6.65. The SMILES string of the molecule is C1C2CC3C4CC5CC(C14)C(C2)C3[NH2+]5. The molecule has 0 amide bonds. The van der Waals surface area contributed by atoms with Gasteiger partial charge in [0.25, 0.3) is 0 Å². The fourth-order valence-electron chi connectivity index (χ4n) is 6.55. The number of piperidine rings is 2. The Morgan fingerprint density at radius 1 is 0.643 bits per heavy atom. The largest absolute Gasteiger partial charge is 0.341 e. The molecule has 7 rings (SSSR count). The number of quaternary nitrogens is 1. The zero-order chi connectivity index (χ0) is 8.86. The second kappa shape index (κ2) is 2.07. The molecule has 8 bridgehead atoms. The van der Waals surface area contributed by atoms with Crippen molar-refractivity contribution in [2.75, 3.05) is 0 Å². The second-order valence-corrected chi connectivity index (χ2v) is 6.89. The van der Waals surface area contributed by atoms with Gasteiger partial charge in [0.05, 0.1) is 12.1 Å². The third kappa shape index (κ3) is 0.625. The van der Waals surface area contributed by atoms with E-state index in [-0.39, 0.29) is 0 Å². The molecular weight excluding hydrogens is 170 g/mol. The van der Waals surface area contributed by atoms with Gasteiger partial charge in [0.15, 0.2) is 0 Å². The van der Waals surface area contributed by atoms with E-state index in [9.17, 15) is 0 Å². The van der Waals surface area contributed by atoms with Crippen LogP contribution in [0.5, 0.6) is 0 Å². The maximum atomic E-state index is 2.81. The summed E-state index contributed by atoms with van der Waals surface area (Å²) in [5.41, 5.74) is 0. The van der Waals surface area contributed by atoms with E-state index in [4.69, 9.17) is 0 Å².